The van der Waals surface area contributed by atoms with Crippen LogP contribution in [0, 0.1) is 18.6 Å². The number of hydrogen-bond acceptors (Lipinski definition) is 5. The van der Waals surface area contributed by atoms with Crippen molar-refractivity contribution in [1.82, 2.24) is 14.8 Å². The Kier molecular flexibility index (Phi) is 4.58. The number of pyridine rings is 1. The van der Waals surface area contributed by atoms with Crippen LogP contribution in [0.3, 0.4) is 0 Å². The van der Waals surface area contributed by atoms with E-state index in [1.807, 2.05) is 0 Å². The molecule has 3 aromatic rings. The Balaban J connectivity index is 1.61. The summed E-state index contributed by atoms with van der Waals surface area (Å²) in [7, 11) is -3.13. The summed E-state index contributed by atoms with van der Waals surface area (Å²) in [4.78, 5) is 17.8. The molecular weight excluding hydrogens is 426 g/mol. The van der Waals surface area contributed by atoms with Crippen molar-refractivity contribution in [1.29, 1.82) is 0 Å². The zero-order valence-electron chi connectivity index (χ0n) is 16.7. The lowest BCUT2D eigenvalue weighted by molar-refractivity contribution is 0.102. The molecule has 0 unspecified atom stereocenters. The summed E-state index contributed by atoms with van der Waals surface area (Å²) in [5.41, 5.74) is 2.07. The summed E-state index contributed by atoms with van der Waals surface area (Å²) in [6.07, 6.45) is 2.36. The molecule has 162 valence electrons. The number of hydrogen-bond donors (Lipinski definition) is 1. The Bertz CT molecular complexity index is 1310. The molecule has 1 aliphatic carbocycles. The molecule has 2 aliphatic rings. The van der Waals surface area contributed by atoms with Gasteiger partial charge in [-0.05, 0) is 44.4 Å². The fourth-order valence-corrected chi connectivity index (χ4v) is 5.84. The normalized spacial score (nSPS) is 20.3. The molecule has 0 radical (unpaired) electrons. The molecule has 1 amide bonds. The number of halogens is 2. The van der Waals surface area contributed by atoms with E-state index in [9.17, 15) is 22.0 Å². The fraction of sp³-hybridized carbons (Fsp3) is 0.381. The van der Waals surface area contributed by atoms with Crippen LogP contribution in [0.1, 0.15) is 53.0 Å². The molecule has 2 aromatic heterocycles. The number of anilines is 1. The summed E-state index contributed by atoms with van der Waals surface area (Å²) in [6, 6.07) is 4.18. The van der Waals surface area contributed by atoms with Crippen LogP contribution in [0.4, 0.5) is 14.5 Å². The minimum Gasteiger partial charge on any atom is -0.322 e. The van der Waals surface area contributed by atoms with E-state index in [1.165, 1.54) is 0 Å². The van der Waals surface area contributed by atoms with E-state index in [0.29, 0.717) is 28.7 Å². The van der Waals surface area contributed by atoms with Crippen LogP contribution >= 0.6 is 0 Å². The highest BCUT2D eigenvalue weighted by atomic mass is 32.2. The van der Waals surface area contributed by atoms with Crippen LogP contribution in [0.5, 0.6) is 0 Å². The van der Waals surface area contributed by atoms with Gasteiger partial charge < -0.3 is 5.32 Å². The van der Waals surface area contributed by atoms with Crippen LogP contribution in [0.2, 0.25) is 0 Å². The van der Waals surface area contributed by atoms with Gasteiger partial charge in [0.25, 0.3) is 5.91 Å². The van der Waals surface area contributed by atoms with E-state index in [1.54, 1.807) is 17.7 Å². The summed E-state index contributed by atoms with van der Waals surface area (Å²) in [5.74, 6) is -1.79. The van der Waals surface area contributed by atoms with Gasteiger partial charge in [0, 0.05) is 23.4 Å². The first-order valence-electron chi connectivity index (χ1n) is 10.1. The molecule has 1 saturated carbocycles. The van der Waals surface area contributed by atoms with Crippen molar-refractivity contribution >= 4 is 32.5 Å². The number of sulfone groups is 1. The van der Waals surface area contributed by atoms with E-state index >= 15 is 0 Å². The summed E-state index contributed by atoms with van der Waals surface area (Å²) < 4.78 is 52.7. The minimum absolute atomic E-state index is 0.00682. The number of aryl methyl sites for hydroxylation is 1. The molecule has 31 heavy (non-hydrogen) atoms. The third kappa shape index (κ3) is 3.80. The van der Waals surface area contributed by atoms with E-state index in [0.717, 1.165) is 36.7 Å². The number of nitrogens with zero attached hydrogens (tertiary/aromatic N) is 3. The molecule has 2 fully saturated rings. The highest BCUT2D eigenvalue weighted by Crippen LogP contribution is 2.41. The van der Waals surface area contributed by atoms with Gasteiger partial charge in [-0.25, -0.2) is 26.9 Å². The van der Waals surface area contributed by atoms with Gasteiger partial charge in [-0.3, -0.25) is 4.79 Å². The van der Waals surface area contributed by atoms with Gasteiger partial charge in [-0.2, -0.15) is 5.10 Å². The van der Waals surface area contributed by atoms with Crippen molar-refractivity contribution in [3.05, 3.63) is 52.9 Å². The monoisotopic (exact) mass is 446 g/mol. The second kappa shape index (κ2) is 7.08. The molecular formula is C21H20F2N4O3S. The van der Waals surface area contributed by atoms with Gasteiger partial charge in [0.05, 0.1) is 34.2 Å². The molecule has 7 nitrogen and oxygen atoms in total. The standard InChI is InChI=1S/C21H20F2N4O3S/c1-11-19-17(21(28)24-15-7-13(22)6-14(23)8-15)9-18(12-2-3-12)25-20(19)27(26-11)16-4-5-31(29,30)10-16/h6-9,12,16H,2-5,10H2,1H3,(H,24,28)/t16-/m1/s1. The van der Waals surface area contributed by atoms with Crippen LogP contribution in [-0.4, -0.2) is 40.6 Å². The number of fused-ring (bicyclic) bond motifs is 1. The lowest BCUT2D eigenvalue weighted by Crippen LogP contribution is -2.15. The Morgan fingerprint density at radius 3 is 2.45 bits per heavy atom. The Morgan fingerprint density at radius 2 is 1.84 bits per heavy atom. The van der Waals surface area contributed by atoms with Crippen molar-refractivity contribution in [2.75, 3.05) is 16.8 Å². The van der Waals surface area contributed by atoms with Crippen molar-refractivity contribution in [2.45, 2.75) is 38.1 Å². The lowest BCUT2D eigenvalue weighted by Gasteiger charge is -2.12. The predicted octanol–water partition coefficient (Wildman–Crippen LogP) is 3.51. The molecule has 10 heteroatoms. The van der Waals surface area contributed by atoms with Crippen molar-refractivity contribution in [2.24, 2.45) is 0 Å². The van der Waals surface area contributed by atoms with Crippen LogP contribution < -0.4 is 5.32 Å². The Morgan fingerprint density at radius 1 is 1.13 bits per heavy atom. The summed E-state index contributed by atoms with van der Waals surface area (Å²) in [6.45, 7) is 1.74. The lowest BCUT2D eigenvalue weighted by atomic mass is 10.1. The predicted molar refractivity (Wildman–Crippen MR) is 111 cm³/mol. The van der Waals surface area contributed by atoms with Crippen LogP contribution in [0.25, 0.3) is 11.0 Å². The first kappa shape index (κ1) is 20.0. The third-order valence-electron chi connectivity index (χ3n) is 5.77. The second-order valence-electron chi connectivity index (χ2n) is 8.27. The van der Waals surface area contributed by atoms with Gasteiger partial charge in [-0.15, -0.1) is 0 Å². The van der Waals surface area contributed by atoms with E-state index in [-0.39, 0.29) is 29.2 Å². The second-order valence-corrected chi connectivity index (χ2v) is 10.5. The number of rotatable bonds is 4. The van der Waals surface area contributed by atoms with Gasteiger partial charge >= 0.3 is 0 Å². The number of benzene rings is 1. The molecule has 1 saturated heterocycles. The van der Waals surface area contributed by atoms with Gasteiger partial charge in [0.15, 0.2) is 15.5 Å². The van der Waals surface area contributed by atoms with E-state index < -0.39 is 27.4 Å². The highest BCUT2D eigenvalue weighted by Gasteiger charge is 2.34. The number of amides is 1. The quantitative estimate of drug-likeness (QED) is 0.662. The zero-order chi connectivity index (χ0) is 21.9. The van der Waals surface area contributed by atoms with Crippen LogP contribution in [-0.2, 0) is 9.84 Å². The maximum atomic E-state index is 13.6. The first-order valence-corrected chi connectivity index (χ1v) is 11.9. The number of carbonyl (C=O) groups is 1. The fourth-order valence-electron chi connectivity index (χ4n) is 4.15. The largest absolute Gasteiger partial charge is 0.322 e. The molecule has 5 rings (SSSR count). The van der Waals surface area contributed by atoms with Crippen molar-refractivity contribution < 1.29 is 22.0 Å². The summed E-state index contributed by atoms with van der Waals surface area (Å²) in [5, 5.41) is 7.60. The van der Waals surface area contributed by atoms with Crippen molar-refractivity contribution in [3.8, 4) is 0 Å². The first-order chi connectivity index (χ1) is 14.7. The molecule has 0 bridgehead atoms. The van der Waals surface area contributed by atoms with Gasteiger partial charge in [0.1, 0.15) is 11.6 Å². The molecule has 1 atom stereocenters. The average Bonchev–Trinajstić information content (AvgIpc) is 3.40. The topological polar surface area (TPSA) is 93.9 Å². The molecule has 1 aromatic carbocycles. The average molecular weight is 446 g/mol. The number of carbonyl (C=O) groups excluding carboxylic acids is 1. The molecule has 3 heterocycles. The highest BCUT2D eigenvalue weighted by molar-refractivity contribution is 7.91. The van der Waals surface area contributed by atoms with Crippen molar-refractivity contribution in [3.63, 3.8) is 0 Å². The van der Waals surface area contributed by atoms with E-state index in [2.05, 4.69) is 10.4 Å². The molecule has 1 N–H and O–H groups in total. The van der Waals surface area contributed by atoms with E-state index in [4.69, 9.17) is 4.98 Å². The zero-order valence-corrected chi connectivity index (χ0v) is 17.5. The Labute approximate surface area is 177 Å². The molecule has 1 aliphatic heterocycles. The third-order valence-corrected chi connectivity index (χ3v) is 7.52. The van der Waals surface area contributed by atoms with Crippen LogP contribution in [0.15, 0.2) is 24.3 Å². The maximum absolute atomic E-state index is 13.6. The SMILES string of the molecule is Cc1nn([C@@H]2CCS(=O)(=O)C2)c2nc(C3CC3)cc(C(=O)Nc3cc(F)cc(F)c3)c12. The smallest absolute Gasteiger partial charge is 0.256 e. The van der Waals surface area contributed by atoms with Gasteiger partial charge in [0.2, 0.25) is 0 Å². The Hall–Kier alpha value is -2.88. The van der Waals surface area contributed by atoms with Gasteiger partial charge in [-0.1, -0.05) is 0 Å². The molecule has 0 spiro atoms. The maximum Gasteiger partial charge on any atom is 0.256 e. The number of aromatic nitrogens is 3. The summed E-state index contributed by atoms with van der Waals surface area (Å²) >= 11 is 0. The minimum atomic E-state index is -3.13. The number of nitrogens with one attached hydrogen (secondary N) is 1.